The Balaban J connectivity index is 2.85. The lowest BCUT2D eigenvalue weighted by Gasteiger charge is -2.26. The van der Waals surface area contributed by atoms with Crippen molar-refractivity contribution in [1.29, 1.82) is 0 Å². The molecule has 2 N–H and O–H groups in total. The maximum Gasteiger partial charge on any atom is 0.141 e. The van der Waals surface area contributed by atoms with Gasteiger partial charge in [-0.3, -0.25) is 0 Å². The fourth-order valence-electron chi connectivity index (χ4n) is 1.56. The lowest BCUT2D eigenvalue weighted by Crippen LogP contribution is -2.40. The Morgan fingerprint density at radius 2 is 1.93 bits per heavy atom. The van der Waals surface area contributed by atoms with Crippen LogP contribution in [0.15, 0.2) is 18.2 Å². The van der Waals surface area contributed by atoms with Crippen LogP contribution in [0.5, 0.6) is 0 Å². The van der Waals surface area contributed by atoms with Crippen LogP contribution in [0.25, 0.3) is 0 Å². The molecule has 0 spiro atoms. The Bertz CT molecular complexity index is 334. The third kappa shape index (κ3) is 3.18. The number of benzene rings is 1. The van der Waals surface area contributed by atoms with Gasteiger partial charge in [-0.2, -0.15) is 0 Å². The Morgan fingerprint density at radius 3 is 2.40 bits per heavy atom. The predicted octanol–water partition coefficient (Wildman–Crippen LogP) is 3.54. The zero-order valence-corrected chi connectivity index (χ0v) is 9.94. The lowest BCUT2D eigenvalue weighted by atomic mass is 9.87. The summed E-state index contributed by atoms with van der Waals surface area (Å²) in [5.74, 6) is -0.379. The van der Waals surface area contributed by atoms with E-state index < -0.39 is 0 Å². The first-order valence-electron chi connectivity index (χ1n) is 5.23. The number of halogens is 2. The van der Waals surface area contributed by atoms with Crippen molar-refractivity contribution >= 4 is 11.6 Å². The van der Waals surface area contributed by atoms with Gasteiger partial charge in [-0.15, -0.1) is 0 Å². The first-order chi connectivity index (χ1) is 7.00. The van der Waals surface area contributed by atoms with E-state index >= 15 is 0 Å². The molecule has 1 aromatic rings. The van der Waals surface area contributed by atoms with Gasteiger partial charge in [0.15, 0.2) is 0 Å². The van der Waals surface area contributed by atoms with Crippen LogP contribution < -0.4 is 5.73 Å². The number of hydrogen-bond donors (Lipinski definition) is 1. The molecule has 0 bridgehead atoms. The molecule has 0 heterocycles. The minimum Gasteiger partial charge on any atom is -0.325 e. The van der Waals surface area contributed by atoms with E-state index in [1.807, 2.05) is 0 Å². The molecule has 0 aliphatic heterocycles. The second kappa shape index (κ2) is 4.95. The average Bonchev–Trinajstić information content (AvgIpc) is 2.23. The van der Waals surface area contributed by atoms with Gasteiger partial charge in [0.1, 0.15) is 5.82 Å². The van der Waals surface area contributed by atoms with Crippen LogP contribution in [-0.2, 0) is 6.42 Å². The molecule has 0 amide bonds. The van der Waals surface area contributed by atoms with Crippen LogP contribution in [0.2, 0.25) is 5.02 Å². The van der Waals surface area contributed by atoms with E-state index in [0.717, 1.165) is 24.8 Å². The smallest absolute Gasteiger partial charge is 0.141 e. The van der Waals surface area contributed by atoms with Gasteiger partial charge >= 0.3 is 0 Å². The quantitative estimate of drug-likeness (QED) is 0.840. The largest absolute Gasteiger partial charge is 0.325 e. The van der Waals surface area contributed by atoms with Crippen molar-refractivity contribution in [2.45, 2.75) is 38.6 Å². The van der Waals surface area contributed by atoms with Crippen molar-refractivity contribution in [2.24, 2.45) is 5.73 Å². The summed E-state index contributed by atoms with van der Waals surface area (Å²) in [4.78, 5) is 0. The van der Waals surface area contributed by atoms with E-state index in [0.29, 0.717) is 0 Å². The average molecular weight is 230 g/mol. The minimum atomic E-state index is -0.379. The number of hydrogen-bond acceptors (Lipinski definition) is 1. The molecule has 0 atom stereocenters. The fourth-order valence-corrected chi connectivity index (χ4v) is 1.76. The van der Waals surface area contributed by atoms with Crippen LogP contribution in [0.1, 0.15) is 32.3 Å². The summed E-state index contributed by atoms with van der Waals surface area (Å²) in [6.07, 6.45) is 2.54. The highest BCUT2D eigenvalue weighted by atomic mass is 35.5. The molecule has 0 unspecified atom stereocenters. The summed E-state index contributed by atoms with van der Waals surface area (Å²) >= 11 is 5.71. The van der Waals surface area contributed by atoms with Gasteiger partial charge < -0.3 is 5.73 Å². The summed E-state index contributed by atoms with van der Waals surface area (Å²) < 4.78 is 12.9. The molecule has 0 aliphatic carbocycles. The Kier molecular flexibility index (Phi) is 4.12. The third-order valence-electron chi connectivity index (χ3n) is 2.95. The molecular weight excluding hydrogens is 213 g/mol. The van der Waals surface area contributed by atoms with E-state index in [1.54, 1.807) is 12.1 Å². The normalized spacial score (nSPS) is 11.8. The summed E-state index contributed by atoms with van der Waals surface area (Å²) in [5, 5.41) is 0.169. The van der Waals surface area contributed by atoms with Crippen molar-refractivity contribution in [2.75, 3.05) is 0 Å². The molecule has 0 aliphatic rings. The van der Waals surface area contributed by atoms with Gasteiger partial charge in [0.25, 0.3) is 0 Å². The second-order valence-corrected chi connectivity index (χ2v) is 4.40. The molecule has 15 heavy (non-hydrogen) atoms. The van der Waals surface area contributed by atoms with Crippen LogP contribution in [0, 0.1) is 5.82 Å². The molecular formula is C12H17ClFN. The molecule has 0 radical (unpaired) electrons. The van der Waals surface area contributed by atoms with E-state index in [1.165, 1.54) is 6.07 Å². The molecule has 0 saturated carbocycles. The van der Waals surface area contributed by atoms with Crippen molar-refractivity contribution in [3.05, 3.63) is 34.6 Å². The molecule has 0 aromatic heterocycles. The highest BCUT2D eigenvalue weighted by molar-refractivity contribution is 6.30. The Labute approximate surface area is 95.4 Å². The van der Waals surface area contributed by atoms with Crippen molar-refractivity contribution < 1.29 is 4.39 Å². The lowest BCUT2D eigenvalue weighted by molar-refractivity contribution is 0.393. The van der Waals surface area contributed by atoms with Gasteiger partial charge in [-0.1, -0.05) is 31.5 Å². The number of rotatable bonds is 4. The van der Waals surface area contributed by atoms with Gasteiger partial charge in [0, 0.05) is 5.54 Å². The molecule has 0 saturated heterocycles. The zero-order chi connectivity index (χ0) is 11.5. The molecule has 3 heteroatoms. The number of nitrogens with two attached hydrogens (primary N) is 1. The van der Waals surface area contributed by atoms with Crippen molar-refractivity contribution in [1.82, 2.24) is 0 Å². The molecule has 1 rings (SSSR count). The summed E-state index contributed by atoms with van der Waals surface area (Å²) in [7, 11) is 0. The Hall–Kier alpha value is -0.600. The maximum atomic E-state index is 12.9. The fraction of sp³-hybridized carbons (Fsp3) is 0.500. The van der Waals surface area contributed by atoms with Gasteiger partial charge in [0.05, 0.1) is 5.02 Å². The van der Waals surface area contributed by atoms with E-state index in [4.69, 9.17) is 17.3 Å². The third-order valence-corrected chi connectivity index (χ3v) is 3.24. The molecule has 1 nitrogen and oxygen atoms in total. The minimum absolute atomic E-state index is 0.169. The molecule has 1 aromatic carbocycles. The van der Waals surface area contributed by atoms with Crippen LogP contribution >= 0.6 is 11.6 Å². The highest BCUT2D eigenvalue weighted by Gasteiger charge is 2.20. The zero-order valence-electron chi connectivity index (χ0n) is 9.19. The van der Waals surface area contributed by atoms with Gasteiger partial charge in [0.2, 0.25) is 0 Å². The second-order valence-electron chi connectivity index (χ2n) is 3.99. The summed E-state index contributed by atoms with van der Waals surface area (Å²) in [6, 6.07) is 4.79. The maximum absolute atomic E-state index is 12.9. The van der Waals surface area contributed by atoms with Crippen LogP contribution in [-0.4, -0.2) is 5.54 Å². The van der Waals surface area contributed by atoms with Crippen molar-refractivity contribution in [3.63, 3.8) is 0 Å². The van der Waals surface area contributed by atoms with Crippen molar-refractivity contribution in [3.8, 4) is 0 Å². The predicted molar refractivity (Wildman–Crippen MR) is 62.6 cm³/mol. The summed E-state index contributed by atoms with van der Waals surface area (Å²) in [6.45, 7) is 4.13. The van der Waals surface area contributed by atoms with E-state index in [-0.39, 0.29) is 16.4 Å². The monoisotopic (exact) mass is 229 g/mol. The first-order valence-corrected chi connectivity index (χ1v) is 5.61. The molecule has 0 fully saturated rings. The van der Waals surface area contributed by atoms with Crippen LogP contribution in [0.3, 0.4) is 0 Å². The Morgan fingerprint density at radius 1 is 1.33 bits per heavy atom. The topological polar surface area (TPSA) is 26.0 Å². The van der Waals surface area contributed by atoms with Gasteiger partial charge in [-0.25, -0.2) is 4.39 Å². The SMILES string of the molecule is CCC(N)(CC)Cc1ccc(F)c(Cl)c1. The first kappa shape index (κ1) is 12.5. The summed E-state index contributed by atoms with van der Waals surface area (Å²) in [5.41, 5.74) is 6.97. The van der Waals surface area contributed by atoms with E-state index in [2.05, 4.69) is 13.8 Å². The van der Waals surface area contributed by atoms with Crippen LogP contribution in [0.4, 0.5) is 4.39 Å². The molecule has 84 valence electrons. The highest BCUT2D eigenvalue weighted by Crippen LogP contribution is 2.22. The standard InChI is InChI=1S/C12H17ClFN/c1-3-12(15,4-2)8-9-5-6-11(14)10(13)7-9/h5-7H,3-4,8,15H2,1-2H3. The van der Waals surface area contributed by atoms with E-state index in [9.17, 15) is 4.39 Å². The van der Waals surface area contributed by atoms with Gasteiger partial charge in [-0.05, 0) is 37.0 Å².